The quantitative estimate of drug-likeness (QED) is 0.452. The lowest BCUT2D eigenvalue weighted by molar-refractivity contribution is -0.115. The van der Waals surface area contributed by atoms with Gasteiger partial charge in [0.05, 0.1) is 18.4 Å². The molecule has 0 fully saturated rings. The van der Waals surface area contributed by atoms with Gasteiger partial charge < -0.3 is 14.3 Å². The molecule has 0 saturated heterocycles. The summed E-state index contributed by atoms with van der Waals surface area (Å²) in [6, 6.07) is 10.7. The Balaban J connectivity index is 1.30. The molecule has 0 spiro atoms. The van der Waals surface area contributed by atoms with Crippen LogP contribution in [0.1, 0.15) is 16.2 Å². The molecule has 0 aliphatic heterocycles. The van der Waals surface area contributed by atoms with E-state index in [0.29, 0.717) is 16.5 Å². The number of benzene rings is 1. The fourth-order valence-corrected chi connectivity index (χ4v) is 3.93. The number of anilines is 2. The van der Waals surface area contributed by atoms with E-state index in [4.69, 9.17) is 4.42 Å². The molecule has 1 aromatic carbocycles. The summed E-state index contributed by atoms with van der Waals surface area (Å²) in [4.78, 5) is 29.5. The molecule has 4 aromatic rings. The lowest BCUT2D eigenvalue weighted by Gasteiger charge is -2.05. The van der Waals surface area contributed by atoms with Gasteiger partial charge >= 0.3 is 0 Å². The van der Waals surface area contributed by atoms with Crippen molar-refractivity contribution < 1.29 is 14.0 Å². The van der Waals surface area contributed by atoms with Crippen LogP contribution in [-0.2, 0) is 18.3 Å². The Labute approximate surface area is 179 Å². The maximum atomic E-state index is 12.3. The van der Waals surface area contributed by atoms with Crippen LogP contribution < -0.4 is 10.6 Å². The summed E-state index contributed by atoms with van der Waals surface area (Å²) >= 11 is 2.73. The van der Waals surface area contributed by atoms with Gasteiger partial charge in [0, 0.05) is 23.0 Å². The highest BCUT2D eigenvalue weighted by Crippen LogP contribution is 2.26. The number of aryl methyl sites for hydroxylation is 1. The smallest absolute Gasteiger partial charge is 0.293 e. The third kappa shape index (κ3) is 4.93. The lowest BCUT2D eigenvalue weighted by Crippen LogP contribution is -2.15. The van der Waals surface area contributed by atoms with E-state index in [2.05, 4.69) is 25.8 Å². The average molecular weight is 441 g/mol. The second-order valence-electron chi connectivity index (χ2n) is 6.15. The maximum Gasteiger partial charge on any atom is 0.293 e. The van der Waals surface area contributed by atoms with Gasteiger partial charge in [-0.15, -0.1) is 21.5 Å². The number of carbonyl (C=O) groups is 2. The number of carbonyl (C=O) groups excluding carboxylic acids is 2. The van der Waals surface area contributed by atoms with Gasteiger partial charge in [-0.05, 0) is 48.2 Å². The van der Waals surface area contributed by atoms with E-state index in [-0.39, 0.29) is 24.0 Å². The molecule has 4 rings (SSSR count). The number of hydrogen-bond acceptors (Lipinski definition) is 8. The molecular weight excluding hydrogens is 424 g/mol. The third-order valence-corrected chi connectivity index (χ3v) is 5.74. The van der Waals surface area contributed by atoms with Crippen molar-refractivity contribution in [2.75, 3.05) is 10.6 Å². The second-order valence-corrected chi connectivity index (χ2v) is 8.05. The predicted molar refractivity (Wildman–Crippen MR) is 113 cm³/mol. The summed E-state index contributed by atoms with van der Waals surface area (Å²) in [7, 11) is 1.88. The number of aromatic nitrogens is 4. The van der Waals surface area contributed by atoms with E-state index in [1.807, 2.05) is 35.9 Å². The maximum absolute atomic E-state index is 12.3. The van der Waals surface area contributed by atoms with E-state index >= 15 is 0 Å². The molecule has 30 heavy (non-hydrogen) atoms. The summed E-state index contributed by atoms with van der Waals surface area (Å²) < 4.78 is 6.87. The predicted octanol–water partition coefficient (Wildman–Crippen LogP) is 3.45. The van der Waals surface area contributed by atoms with Crippen LogP contribution in [-0.4, -0.2) is 31.6 Å². The van der Waals surface area contributed by atoms with Crippen LogP contribution in [0.2, 0.25) is 0 Å². The van der Waals surface area contributed by atoms with Gasteiger partial charge in [-0.25, -0.2) is 4.98 Å². The monoisotopic (exact) mass is 440 g/mol. The van der Waals surface area contributed by atoms with Gasteiger partial charge in [0.2, 0.25) is 5.91 Å². The largest absolute Gasteiger partial charge is 0.459 e. The molecule has 152 valence electrons. The first-order valence-corrected chi connectivity index (χ1v) is 10.5. The van der Waals surface area contributed by atoms with Crippen LogP contribution in [0.4, 0.5) is 10.8 Å². The molecule has 3 aromatic heterocycles. The molecule has 0 bridgehead atoms. The zero-order valence-electron chi connectivity index (χ0n) is 15.7. The summed E-state index contributed by atoms with van der Waals surface area (Å²) in [5, 5.41) is 16.3. The first-order valence-electron chi connectivity index (χ1n) is 8.78. The highest BCUT2D eigenvalue weighted by molar-refractivity contribution is 7.99. The van der Waals surface area contributed by atoms with Crippen molar-refractivity contribution in [1.82, 2.24) is 19.7 Å². The minimum Gasteiger partial charge on any atom is -0.459 e. The Morgan fingerprint density at radius 3 is 2.73 bits per heavy atom. The van der Waals surface area contributed by atoms with Crippen molar-refractivity contribution in [2.24, 2.45) is 7.05 Å². The van der Waals surface area contributed by atoms with Gasteiger partial charge in [-0.3, -0.25) is 14.9 Å². The molecule has 0 saturated carbocycles. The summed E-state index contributed by atoms with van der Waals surface area (Å²) in [5.41, 5.74) is 1.26. The zero-order valence-corrected chi connectivity index (χ0v) is 17.4. The highest BCUT2D eigenvalue weighted by Gasteiger charge is 2.13. The van der Waals surface area contributed by atoms with Crippen LogP contribution in [0.25, 0.3) is 0 Å². The molecule has 0 atom stereocenters. The van der Waals surface area contributed by atoms with Crippen molar-refractivity contribution in [3.63, 3.8) is 0 Å². The average Bonchev–Trinajstić information content (AvgIpc) is 3.47. The summed E-state index contributed by atoms with van der Waals surface area (Å²) in [5.74, 6) is -0.382. The van der Waals surface area contributed by atoms with Crippen molar-refractivity contribution >= 4 is 45.7 Å². The number of rotatable bonds is 7. The van der Waals surface area contributed by atoms with Gasteiger partial charge in [-0.2, -0.15) is 0 Å². The van der Waals surface area contributed by atoms with Gasteiger partial charge in [0.15, 0.2) is 16.0 Å². The molecule has 0 radical (unpaired) electrons. The van der Waals surface area contributed by atoms with E-state index in [1.54, 1.807) is 23.8 Å². The van der Waals surface area contributed by atoms with Crippen LogP contribution in [0, 0.1) is 0 Å². The Morgan fingerprint density at radius 1 is 1.20 bits per heavy atom. The first-order chi connectivity index (χ1) is 14.6. The molecule has 2 N–H and O–H groups in total. The molecule has 0 aliphatic carbocycles. The first kappa shape index (κ1) is 19.9. The number of furan rings is 1. The Hall–Kier alpha value is -3.44. The van der Waals surface area contributed by atoms with Crippen molar-refractivity contribution in [2.45, 2.75) is 16.5 Å². The number of nitrogens with zero attached hydrogens (tertiary/aromatic N) is 4. The molecular formula is C19H16N6O3S2. The second kappa shape index (κ2) is 8.93. The standard InChI is InChI=1S/C19H16N6O3S2/c1-25-11-20-24-19(25)30-14-6-4-12(5-7-14)21-16(26)9-13-10-29-18(22-13)23-17(27)15-3-2-8-28-15/h2-8,10-11H,9H2,1H3,(H,21,26)(H,22,23,27). The SMILES string of the molecule is Cn1cnnc1Sc1ccc(NC(=O)Cc2csc(NC(=O)c3ccco3)n2)cc1. The van der Waals surface area contributed by atoms with E-state index in [0.717, 1.165) is 10.1 Å². The third-order valence-electron chi connectivity index (χ3n) is 3.88. The zero-order chi connectivity index (χ0) is 20.9. The fraction of sp³-hybridized carbons (Fsp3) is 0.105. The van der Waals surface area contributed by atoms with E-state index in [1.165, 1.54) is 29.4 Å². The molecule has 2 amide bonds. The lowest BCUT2D eigenvalue weighted by atomic mass is 10.3. The number of amides is 2. The van der Waals surface area contributed by atoms with Crippen molar-refractivity contribution in [1.29, 1.82) is 0 Å². The van der Waals surface area contributed by atoms with E-state index in [9.17, 15) is 9.59 Å². The molecule has 0 unspecified atom stereocenters. The molecule has 3 heterocycles. The van der Waals surface area contributed by atoms with Crippen LogP contribution in [0.15, 0.2) is 68.8 Å². The molecule has 0 aliphatic rings. The van der Waals surface area contributed by atoms with Crippen LogP contribution in [0.5, 0.6) is 0 Å². The van der Waals surface area contributed by atoms with E-state index < -0.39 is 0 Å². The van der Waals surface area contributed by atoms with Gasteiger partial charge in [0.1, 0.15) is 6.33 Å². The summed E-state index contributed by atoms with van der Waals surface area (Å²) in [6.45, 7) is 0. The summed E-state index contributed by atoms with van der Waals surface area (Å²) in [6.07, 6.45) is 3.17. The molecule has 9 nitrogen and oxygen atoms in total. The van der Waals surface area contributed by atoms with Crippen molar-refractivity contribution in [3.05, 3.63) is 65.8 Å². The Bertz CT molecular complexity index is 1150. The van der Waals surface area contributed by atoms with Gasteiger partial charge in [-0.1, -0.05) is 0 Å². The number of hydrogen-bond donors (Lipinski definition) is 2. The number of nitrogens with one attached hydrogen (secondary N) is 2. The normalized spacial score (nSPS) is 10.7. The Morgan fingerprint density at radius 2 is 2.03 bits per heavy atom. The Kier molecular flexibility index (Phi) is 5.91. The highest BCUT2D eigenvalue weighted by atomic mass is 32.2. The topological polar surface area (TPSA) is 115 Å². The number of thiazole rings is 1. The van der Waals surface area contributed by atoms with Crippen molar-refractivity contribution in [3.8, 4) is 0 Å². The van der Waals surface area contributed by atoms with Gasteiger partial charge in [0.25, 0.3) is 5.91 Å². The minimum absolute atomic E-state index is 0.0998. The minimum atomic E-state index is -0.385. The van der Waals surface area contributed by atoms with Crippen LogP contribution >= 0.6 is 23.1 Å². The van der Waals surface area contributed by atoms with Crippen LogP contribution in [0.3, 0.4) is 0 Å². The fourth-order valence-electron chi connectivity index (χ4n) is 2.46. The molecule has 11 heteroatoms.